The highest BCUT2D eigenvalue weighted by molar-refractivity contribution is 5.94. The van der Waals surface area contributed by atoms with Gasteiger partial charge in [-0.3, -0.25) is 9.78 Å². The van der Waals surface area contributed by atoms with Gasteiger partial charge in [0.1, 0.15) is 5.82 Å². The molecule has 0 saturated carbocycles. The average molecular weight is 498 g/mol. The van der Waals surface area contributed by atoms with Gasteiger partial charge in [0.25, 0.3) is 5.91 Å². The molecular weight excluding hydrogens is 469 g/mol. The average Bonchev–Trinajstić information content (AvgIpc) is 2.94. The molecule has 1 fully saturated rings. The second kappa shape index (κ2) is 11.3. The molecule has 0 spiro atoms. The Labute approximate surface area is 215 Å². The monoisotopic (exact) mass is 497 g/mol. The second-order valence-corrected chi connectivity index (χ2v) is 9.05. The van der Waals surface area contributed by atoms with E-state index < -0.39 is 0 Å². The lowest BCUT2D eigenvalue weighted by atomic mass is 10.0. The van der Waals surface area contributed by atoms with Crippen molar-refractivity contribution in [3.8, 4) is 22.5 Å². The number of carbonyl (C=O) groups excluding carboxylic acids is 1. The highest BCUT2D eigenvalue weighted by Crippen LogP contribution is 2.25. The van der Waals surface area contributed by atoms with Crippen LogP contribution in [0.3, 0.4) is 0 Å². The third-order valence-corrected chi connectivity index (χ3v) is 6.58. The summed E-state index contributed by atoms with van der Waals surface area (Å²) in [6.45, 7) is 1.54. The number of amides is 1. The molecule has 1 aliphatic rings. The van der Waals surface area contributed by atoms with E-state index in [2.05, 4.69) is 20.2 Å². The number of anilines is 1. The molecule has 37 heavy (non-hydrogen) atoms. The van der Waals surface area contributed by atoms with Crippen molar-refractivity contribution in [1.29, 1.82) is 0 Å². The van der Waals surface area contributed by atoms with E-state index in [1.165, 1.54) is 18.3 Å². The van der Waals surface area contributed by atoms with Gasteiger partial charge in [0.15, 0.2) is 0 Å². The summed E-state index contributed by atoms with van der Waals surface area (Å²) in [5, 5.41) is 12.5. The van der Waals surface area contributed by atoms with Crippen molar-refractivity contribution in [3.63, 3.8) is 0 Å². The SMILES string of the molecule is O=C(NC1CCN(c2nccc(-c3ccccc3CCO)n2)CC1)c1ccc(-c2cccc(F)c2)nc1. The Balaban J connectivity index is 1.19. The first-order chi connectivity index (χ1) is 18.1. The number of hydrogen-bond acceptors (Lipinski definition) is 6. The quantitative estimate of drug-likeness (QED) is 0.396. The fraction of sp³-hybridized carbons (Fsp3) is 0.241. The number of aliphatic hydroxyl groups excluding tert-OH is 1. The Morgan fingerprint density at radius 2 is 1.84 bits per heavy atom. The standard InChI is InChI=1S/C29H28FN5O2/c30-23-6-3-5-21(18-23)26-9-8-22(19-32-26)28(37)33-24-11-15-35(16-12-24)29-31-14-10-27(34-29)25-7-2-1-4-20(25)13-17-36/h1-10,14,18-19,24,36H,11-13,15-17H2,(H,33,37). The van der Waals surface area contributed by atoms with Crippen LogP contribution >= 0.6 is 0 Å². The van der Waals surface area contributed by atoms with Crippen LogP contribution in [0.5, 0.6) is 0 Å². The molecule has 0 bridgehead atoms. The molecule has 0 unspecified atom stereocenters. The number of nitrogens with zero attached hydrogens (tertiary/aromatic N) is 4. The molecule has 0 atom stereocenters. The van der Waals surface area contributed by atoms with Crippen LogP contribution in [0.25, 0.3) is 22.5 Å². The van der Waals surface area contributed by atoms with Gasteiger partial charge in [0.2, 0.25) is 5.95 Å². The van der Waals surface area contributed by atoms with Gasteiger partial charge in [-0.2, -0.15) is 0 Å². The van der Waals surface area contributed by atoms with Crippen molar-refractivity contribution in [2.24, 2.45) is 0 Å². The lowest BCUT2D eigenvalue weighted by molar-refractivity contribution is 0.0930. The van der Waals surface area contributed by atoms with Crippen molar-refractivity contribution in [2.45, 2.75) is 25.3 Å². The third-order valence-electron chi connectivity index (χ3n) is 6.58. The zero-order valence-corrected chi connectivity index (χ0v) is 20.3. The van der Waals surface area contributed by atoms with Crippen molar-refractivity contribution >= 4 is 11.9 Å². The molecule has 5 rings (SSSR count). The molecule has 2 aromatic carbocycles. The molecule has 0 radical (unpaired) electrons. The molecular formula is C29H28FN5O2. The van der Waals surface area contributed by atoms with Gasteiger partial charge < -0.3 is 15.3 Å². The highest BCUT2D eigenvalue weighted by Gasteiger charge is 2.23. The molecule has 0 aliphatic carbocycles. The summed E-state index contributed by atoms with van der Waals surface area (Å²) in [5.41, 5.74) is 4.64. The smallest absolute Gasteiger partial charge is 0.253 e. The summed E-state index contributed by atoms with van der Waals surface area (Å²) in [6, 6.07) is 19.6. The number of halogens is 1. The molecule has 8 heteroatoms. The van der Waals surface area contributed by atoms with Crippen LogP contribution in [0.15, 0.2) is 79.1 Å². The summed E-state index contributed by atoms with van der Waals surface area (Å²) in [6.07, 6.45) is 5.41. The first-order valence-electron chi connectivity index (χ1n) is 12.4. The van der Waals surface area contributed by atoms with Gasteiger partial charge in [-0.05, 0) is 55.2 Å². The number of benzene rings is 2. The maximum atomic E-state index is 13.5. The van der Waals surface area contributed by atoms with Crippen LogP contribution in [0.2, 0.25) is 0 Å². The number of carbonyl (C=O) groups is 1. The number of hydrogen-bond donors (Lipinski definition) is 2. The largest absolute Gasteiger partial charge is 0.396 e. The Morgan fingerprint density at radius 1 is 1.00 bits per heavy atom. The van der Waals surface area contributed by atoms with Crippen LogP contribution in [0.4, 0.5) is 10.3 Å². The van der Waals surface area contributed by atoms with Crippen LogP contribution < -0.4 is 10.2 Å². The number of piperidine rings is 1. The van der Waals surface area contributed by atoms with Crippen LogP contribution in [0, 0.1) is 5.82 Å². The van der Waals surface area contributed by atoms with Crippen molar-refractivity contribution in [3.05, 3.63) is 96.1 Å². The lowest BCUT2D eigenvalue weighted by Crippen LogP contribution is -2.45. The molecule has 7 nitrogen and oxygen atoms in total. The second-order valence-electron chi connectivity index (χ2n) is 9.05. The van der Waals surface area contributed by atoms with Gasteiger partial charge in [-0.1, -0.05) is 36.4 Å². The Morgan fingerprint density at radius 3 is 2.59 bits per heavy atom. The molecule has 2 N–H and O–H groups in total. The van der Waals surface area contributed by atoms with Crippen LogP contribution in [-0.4, -0.2) is 51.7 Å². The van der Waals surface area contributed by atoms with Crippen molar-refractivity contribution in [2.75, 3.05) is 24.6 Å². The number of rotatable bonds is 7. The van der Waals surface area contributed by atoms with E-state index in [1.54, 1.807) is 30.5 Å². The van der Waals surface area contributed by atoms with Crippen molar-refractivity contribution in [1.82, 2.24) is 20.3 Å². The van der Waals surface area contributed by atoms with E-state index >= 15 is 0 Å². The number of nitrogens with one attached hydrogen (secondary N) is 1. The predicted octanol–water partition coefficient (Wildman–Crippen LogP) is 4.28. The summed E-state index contributed by atoms with van der Waals surface area (Å²) < 4.78 is 13.5. The Hall–Kier alpha value is -4.17. The first-order valence-corrected chi connectivity index (χ1v) is 12.4. The van der Waals surface area contributed by atoms with E-state index in [0.717, 1.165) is 42.8 Å². The number of aliphatic hydroxyl groups is 1. The molecule has 3 heterocycles. The minimum absolute atomic E-state index is 0.0418. The zero-order valence-electron chi connectivity index (χ0n) is 20.3. The van der Waals surface area contributed by atoms with Crippen LogP contribution in [0.1, 0.15) is 28.8 Å². The predicted molar refractivity (Wildman–Crippen MR) is 141 cm³/mol. The Bertz CT molecular complexity index is 1370. The summed E-state index contributed by atoms with van der Waals surface area (Å²) in [7, 11) is 0. The fourth-order valence-corrected chi connectivity index (χ4v) is 4.60. The van der Waals surface area contributed by atoms with Gasteiger partial charge >= 0.3 is 0 Å². The summed E-state index contributed by atoms with van der Waals surface area (Å²) >= 11 is 0. The molecule has 188 valence electrons. The van der Waals surface area contributed by atoms with E-state index in [4.69, 9.17) is 4.98 Å². The Kier molecular flexibility index (Phi) is 7.46. The first kappa shape index (κ1) is 24.5. The van der Waals surface area contributed by atoms with E-state index in [-0.39, 0.29) is 24.4 Å². The van der Waals surface area contributed by atoms with Crippen LogP contribution in [-0.2, 0) is 6.42 Å². The minimum atomic E-state index is -0.323. The number of pyridine rings is 1. The highest BCUT2D eigenvalue weighted by atomic mass is 19.1. The molecule has 1 saturated heterocycles. The molecule has 4 aromatic rings. The minimum Gasteiger partial charge on any atom is -0.396 e. The van der Waals surface area contributed by atoms with Gasteiger partial charge in [0, 0.05) is 49.3 Å². The normalized spacial score (nSPS) is 13.9. The summed E-state index contributed by atoms with van der Waals surface area (Å²) in [4.78, 5) is 28.5. The van der Waals surface area contributed by atoms with E-state index in [0.29, 0.717) is 29.2 Å². The van der Waals surface area contributed by atoms with E-state index in [9.17, 15) is 14.3 Å². The molecule has 1 amide bonds. The number of aromatic nitrogens is 3. The maximum absolute atomic E-state index is 13.5. The van der Waals surface area contributed by atoms with Gasteiger partial charge in [-0.15, -0.1) is 0 Å². The maximum Gasteiger partial charge on any atom is 0.253 e. The van der Waals surface area contributed by atoms with Gasteiger partial charge in [0.05, 0.1) is 17.0 Å². The van der Waals surface area contributed by atoms with E-state index in [1.807, 2.05) is 30.3 Å². The third kappa shape index (κ3) is 5.81. The molecule has 2 aromatic heterocycles. The fourth-order valence-electron chi connectivity index (χ4n) is 4.60. The lowest BCUT2D eigenvalue weighted by Gasteiger charge is -2.32. The molecule has 1 aliphatic heterocycles. The van der Waals surface area contributed by atoms with Gasteiger partial charge in [-0.25, -0.2) is 14.4 Å². The topological polar surface area (TPSA) is 91.2 Å². The summed E-state index contributed by atoms with van der Waals surface area (Å²) in [5.74, 6) is 0.171. The zero-order chi connectivity index (χ0) is 25.6. The van der Waals surface area contributed by atoms with Crippen molar-refractivity contribution < 1.29 is 14.3 Å².